The molecule has 0 bridgehead atoms. The molecule has 0 saturated heterocycles. The van der Waals surface area contributed by atoms with Gasteiger partial charge in [0.1, 0.15) is 0 Å². The van der Waals surface area contributed by atoms with Crippen molar-refractivity contribution >= 4 is 5.97 Å². The molecule has 1 aromatic carbocycles. The fraction of sp³-hybridized carbons (Fsp3) is 0.588. The van der Waals surface area contributed by atoms with Gasteiger partial charge in [-0.1, -0.05) is 18.2 Å². The first kappa shape index (κ1) is 16.7. The molecule has 1 unspecified atom stereocenters. The Balaban J connectivity index is 3.00. The summed E-state index contributed by atoms with van der Waals surface area (Å²) in [6.45, 7) is 13.3. The van der Waals surface area contributed by atoms with Crippen molar-refractivity contribution in [1.29, 1.82) is 0 Å². The molecule has 1 N–H and O–H groups in total. The van der Waals surface area contributed by atoms with Gasteiger partial charge in [-0.25, -0.2) is 0 Å². The summed E-state index contributed by atoms with van der Waals surface area (Å²) in [7, 11) is 0. The van der Waals surface area contributed by atoms with E-state index in [0.717, 1.165) is 0 Å². The third-order valence-corrected chi connectivity index (χ3v) is 3.91. The lowest BCUT2D eigenvalue weighted by atomic mass is 9.96. The Labute approximate surface area is 122 Å². The molecular formula is C17H27NO2. The van der Waals surface area contributed by atoms with Crippen molar-refractivity contribution in [3.63, 3.8) is 0 Å². The highest BCUT2D eigenvalue weighted by Crippen LogP contribution is 2.29. The predicted molar refractivity (Wildman–Crippen MR) is 83.0 cm³/mol. The number of aliphatic carboxylic acids is 1. The summed E-state index contributed by atoms with van der Waals surface area (Å²) in [5.74, 6) is -0.744. The predicted octanol–water partition coefficient (Wildman–Crippen LogP) is 3.94. The fourth-order valence-electron chi connectivity index (χ4n) is 2.53. The van der Waals surface area contributed by atoms with Crippen molar-refractivity contribution in [2.45, 2.75) is 59.5 Å². The van der Waals surface area contributed by atoms with Crippen molar-refractivity contribution < 1.29 is 9.90 Å². The summed E-state index contributed by atoms with van der Waals surface area (Å²) in [6, 6.07) is 6.69. The van der Waals surface area contributed by atoms with E-state index in [0.29, 0.717) is 6.54 Å². The van der Waals surface area contributed by atoms with Crippen LogP contribution in [0, 0.1) is 13.8 Å². The topological polar surface area (TPSA) is 40.5 Å². The molecule has 0 radical (unpaired) electrons. The zero-order chi connectivity index (χ0) is 15.5. The Hall–Kier alpha value is -1.35. The molecule has 20 heavy (non-hydrogen) atoms. The highest BCUT2D eigenvalue weighted by Gasteiger charge is 2.27. The first-order chi connectivity index (χ1) is 9.12. The van der Waals surface area contributed by atoms with E-state index in [4.69, 9.17) is 5.11 Å². The minimum Gasteiger partial charge on any atom is -0.481 e. The number of aryl methyl sites for hydroxylation is 2. The van der Waals surface area contributed by atoms with E-state index >= 15 is 0 Å². The summed E-state index contributed by atoms with van der Waals surface area (Å²) in [5.41, 5.74) is 3.75. The van der Waals surface area contributed by atoms with Gasteiger partial charge in [-0.15, -0.1) is 0 Å². The van der Waals surface area contributed by atoms with Crippen LogP contribution in [0.4, 0.5) is 0 Å². The average molecular weight is 277 g/mol. The molecule has 0 aliphatic heterocycles. The van der Waals surface area contributed by atoms with Gasteiger partial charge in [0, 0.05) is 18.1 Å². The van der Waals surface area contributed by atoms with Gasteiger partial charge in [0.2, 0.25) is 0 Å². The van der Waals surface area contributed by atoms with E-state index < -0.39 is 5.97 Å². The van der Waals surface area contributed by atoms with Crippen molar-refractivity contribution in [1.82, 2.24) is 4.90 Å². The van der Waals surface area contributed by atoms with Gasteiger partial charge in [-0.3, -0.25) is 9.69 Å². The Kier molecular flexibility index (Phi) is 5.35. The molecule has 0 aliphatic carbocycles. The van der Waals surface area contributed by atoms with Gasteiger partial charge < -0.3 is 5.11 Å². The normalized spacial score (nSPS) is 13.6. The molecule has 0 amide bonds. The quantitative estimate of drug-likeness (QED) is 0.886. The zero-order valence-electron chi connectivity index (χ0n) is 13.5. The molecule has 0 saturated carbocycles. The van der Waals surface area contributed by atoms with Crippen molar-refractivity contribution in [3.05, 3.63) is 34.9 Å². The second-order valence-electron chi connectivity index (χ2n) is 6.53. The number of carboxylic acid groups (broad SMARTS) is 1. The van der Waals surface area contributed by atoms with Crippen LogP contribution >= 0.6 is 0 Å². The SMILES string of the molecule is Cc1ccc(C(C)N(CCC(=O)O)C(C)(C)C)cc1C. The largest absolute Gasteiger partial charge is 0.481 e. The first-order valence-electron chi connectivity index (χ1n) is 7.18. The Morgan fingerprint density at radius 3 is 2.30 bits per heavy atom. The van der Waals surface area contributed by atoms with Crippen LogP contribution in [0.2, 0.25) is 0 Å². The third kappa shape index (κ3) is 4.34. The van der Waals surface area contributed by atoms with Crippen LogP contribution in [0.1, 0.15) is 56.8 Å². The van der Waals surface area contributed by atoms with Crippen LogP contribution in [0.15, 0.2) is 18.2 Å². The highest BCUT2D eigenvalue weighted by atomic mass is 16.4. The van der Waals surface area contributed by atoms with Gasteiger partial charge >= 0.3 is 5.97 Å². The van der Waals surface area contributed by atoms with Crippen molar-refractivity contribution in [3.8, 4) is 0 Å². The Morgan fingerprint density at radius 1 is 1.25 bits per heavy atom. The van der Waals surface area contributed by atoms with Gasteiger partial charge in [-0.05, 0) is 58.2 Å². The maximum Gasteiger partial charge on any atom is 0.304 e. The molecule has 0 spiro atoms. The lowest BCUT2D eigenvalue weighted by Gasteiger charge is -2.40. The van der Waals surface area contributed by atoms with E-state index in [1.807, 2.05) is 0 Å². The standard InChI is InChI=1S/C17H27NO2/c1-12-7-8-15(11-13(12)2)14(3)18(17(4,5)6)10-9-16(19)20/h7-8,11,14H,9-10H2,1-6H3,(H,19,20). The number of nitrogens with zero attached hydrogens (tertiary/aromatic N) is 1. The molecule has 112 valence electrons. The van der Waals surface area contributed by atoms with Crippen LogP contribution in [0.3, 0.4) is 0 Å². The zero-order valence-corrected chi connectivity index (χ0v) is 13.5. The second kappa shape index (κ2) is 6.40. The van der Waals surface area contributed by atoms with E-state index in [-0.39, 0.29) is 18.0 Å². The molecule has 3 heteroatoms. The summed E-state index contributed by atoms with van der Waals surface area (Å²) in [5, 5.41) is 8.93. The molecule has 3 nitrogen and oxygen atoms in total. The number of rotatable bonds is 5. The van der Waals surface area contributed by atoms with Gasteiger partial charge in [-0.2, -0.15) is 0 Å². The van der Waals surface area contributed by atoms with Crippen LogP contribution in [0.25, 0.3) is 0 Å². The van der Waals surface area contributed by atoms with Crippen LogP contribution in [-0.4, -0.2) is 28.1 Å². The summed E-state index contributed by atoms with van der Waals surface area (Å²) in [4.78, 5) is 13.1. The molecule has 1 atom stereocenters. The lowest BCUT2D eigenvalue weighted by Crippen LogP contribution is -2.44. The van der Waals surface area contributed by atoms with Gasteiger partial charge in [0.05, 0.1) is 6.42 Å². The number of hydrogen-bond donors (Lipinski definition) is 1. The minimum atomic E-state index is -0.744. The lowest BCUT2D eigenvalue weighted by molar-refractivity contribution is -0.137. The summed E-state index contributed by atoms with van der Waals surface area (Å²) >= 11 is 0. The van der Waals surface area contributed by atoms with Crippen molar-refractivity contribution in [2.24, 2.45) is 0 Å². The van der Waals surface area contributed by atoms with Crippen molar-refractivity contribution in [2.75, 3.05) is 6.54 Å². The number of benzene rings is 1. The molecule has 0 aromatic heterocycles. The maximum absolute atomic E-state index is 10.9. The van der Waals surface area contributed by atoms with Gasteiger partial charge in [0.25, 0.3) is 0 Å². The second-order valence-corrected chi connectivity index (χ2v) is 6.53. The first-order valence-corrected chi connectivity index (χ1v) is 7.18. The number of carboxylic acids is 1. The summed E-state index contributed by atoms with van der Waals surface area (Å²) in [6.07, 6.45) is 0.173. The fourth-order valence-corrected chi connectivity index (χ4v) is 2.53. The third-order valence-electron chi connectivity index (χ3n) is 3.91. The van der Waals surface area contributed by atoms with Crippen LogP contribution in [0.5, 0.6) is 0 Å². The smallest absolute Gasteiger partial charge is 0.304 e. The Bertz CT molecular complexity index is 474. The average Bonchev–Trinajstić information content (AvgIpc) is 2.30. The Morgan fingerprint density at radius 2 is 1.85 bits per heavy atom. The molecule has 1 rings (SSSR count). The number of hydrogen-bond acceptors (Lipinski definition) is 2. The highest BCUT2D eigenvalue weighted by molar-refractivity contribution is 5.66. The van der Waals surface area contributed by atoms with E-state index in [1.54, 1.807) is 0 Å². The van der Waals surface area contributed by atoms with E-state index in [1.165, 1.54) is 16.7 Å². The van der Waals surface area contributed by atoms with Gasteiger partial charge in [0.15, 0.2) is 0 Å². The van der Waals surface area contributed by atoms with E-state index in [9.17, 15) is 4.79 Å². The van der Waals surface area contributed by atoms with Crippen LogP contribution < -0.4 is 0 Å². The monoisotopic (exact) mass is 277 g/mol. The molecule has 1 aromatic rings. The molecule has 0 heterocycles. The molecule has 0 fully saturated rings. The molecular weight excluding hydrogens is 250 g/mol. The summed E-state index contributed by atoms with van der Waals surface area (Å²) < 4.78 is 0. The van der Waals surface area contributed by atoms with E-state index in [2.05, 4.69) is 64.6 Å². The minimum absolute atomic E-state index is 0.0618. The molecule has 0 aliphatic rings. The number of carbonyl (C=O) groups is 1. The van der Waals surface area contributed by atoms with Crippen LogP contribution in [-0.2, 0) is 4.79 Å². The maximum atomic E-state index is 10.9.